The van der Waals surface area contributed by atoms with Crippen molar-refractivity contribution in [3.8, 4) is 0 Å². The summed E-state index contributed by atoms with van der Waals surface area (Å²) in [5.74, 6) is 0.415. The van der Waals surface area contributed by atoms with Gasteiger partial charge in [0.25, 0.3) is 0 Å². The lowest BCUT2D eigenvalue weighted by Crippen LogP contribution is -2.37. The SMILES string of the molecule is O[C@H](CCc1ccccc1)C1CCN(Cc2ccncc2Cl)CC1. The maximum absolute atomic E-state index is 10.5. The topological polar surface area (TPSA) is 36.4 Å². The molecule has 4 heteroatoms. The Hall–Kier alpha value is -1.42. The van der Waals surface area contributed by atoms with Crippen molar-refractivity contribution in [2.24, 2.45) is 5.92 Å². The van der Waals surface area contributed by atoms with Crippen LogP contribution in [0.2, 0.25) is 5.02 Å². The van der Waals surface area contributed by atoms with E-state index in [2.05, 4.69) is 34.1 Å². The van der Waals surface area contributed by atoms with Crippen LogP contribution in [-0.4, -0.2) is 34.2 Å². The molecule has 128 valence electrons. The summed E-state index contributed by atoms with van der Waals surface area (Å²) in [5.41, 5.74) is 2.44. The number of likely N-dealkylation sites (tertiary alicyclic amines) is 1. The highest BCUT2D eigenvalue weighted by Gasteiger charge is 2.25. The Morgan fingerprint density at radius 1 is 1.17 bits per heavy atom. The van der Waals surface area contributed by atoms with Gasteiger partial charge in [-0.1, -0.05) is 41.9 Å². The molecular formula is C20H25ClN2O. The molecule has 1 aliphatic rings. The molecule has 2 heterocycles. The third-order valence-corrected chi connectivity index (χ3v) is 5.34. The largest absolute Gasteiger partial charge is 0.393 e. The third kappa shape index (κ3) is 4.79. The molecule has 0 bridgehead atoms. The lowest BCUT2D eigenvalue weighted by molar-refractivity contribution is 0.0519. The van der Waals surface area contributed by atoms with Crippen molar-refractivity contribution in [1.82, 2.24) is 9.88 Å². The molecule has 24 heavy (non-hydrogen) atoms. The Bertz CT molecular complexity index is 627. The van der Waals surface area contributed by atoms with Crippen LogP contribution in [-0.2, 0) is 13.0 Å². The fourth-order valence-corrected chi connectivity index (χ4v) is 3.64. The lowest BCUT2D eigenvalue weighted by Gasteiger charge is -2.34. The average molecular weight is 345 g/mol. The van der Waals surface area contributed by atoms with Crippen molar-refractivity contribution in [2.45, 2.75) is 38.3 Å². The maximum atomic E-state index is 10.5. The van der Waals surface area contributed by atoms with Crippen LogP contribution in [0, 0.1) is 5.92 Å². The fourth-order valence-electron chi connectivity index (χ4n) is 3.46. The second kappa shape index (κ2) is 8.61. The number of halogens is 1. The zero-order valence-corrected chi connectivity index (χ0v) is 14.7. The summed E-state index contributed by atoms with van der Waals surface area (Å²) in [6.45, 7) is 2.91. The summed E-state index contributed by atoms with van der Waals surface area (Å²) < 4.78 is 0. The molecule has 0 unspecified atom stereocenters. The first-order valence-corrected chi connectivity index (χ1v) is 9.13. The number of aromatic nitrogens is 1. The lowest BCUT2D eigenvalue weighted by atomic mass is 9.88. The Balaban J connectivity index is 1.44. The Labute approximate surface area is 149 Å². The molecule has 3 nitrogen and oxygen atoms in total. The first-order valence-electron chi connectivity index (χ1n) is 8.75. The molecule has 1 aliphatic heterocycles. The van der Waals surface area contributed by atoms with E-state index in [9.17, 15) is 5.11 Å². The summed E-state index contributed by atoms with van der Waals surface area (Å²) in [4.78, 5) is 6.45. The van der Waals surface area contributed by atoms with E-state index in [1.54, 1.807) is 12.4 Å². The Morgan fingerprint density at radius 2 is 1.92 bits per heavy atom. The number of aliphatic hydroxyl groups excluding tert-OH is 1. The maximum Gasteiger partial charge on any atom is 0.0634 e. The monoisotopic (exact) mass is 344 g/mol. The second-order valence-corrected chi connectivity index (χ2v) is 7.08. The molecule has 1 fully saturated rings. The van der Waals surface area contributed by atoms with Crippen LogP contribution >= 0.6 is 11.6 Å². The van der Waals surface area contributed by atoms with E-state index < -0.39 is 0 Å². The van der Waals surface area contributed by atoms with E-state index in [4.69, 9.17) is 11.6 Å². The number of nitrogens with zero attached hydrogens (tertiary/aromatic N) is 2. The van der Waals surface area contributed by atoms with Gasteiger partial charge in [-0.3, -0.25) is 9.88 Å². The number of hydrogen-bond acceptors (Lipinski definition) is 3. The number of rotatable bonds is 6. The molecule has 3 rings (SSSR count). The summed E-state index contributed by atoms with van der Waals surface area (Å²) in [6, 6.07) is 12.4. The second-order valence-electron chi connectivity index (χ2n) is 6.67. The molecular weight excluding hydrogens is 320 g/mol. The first kappa shape index (κ1) is 17.4. The molecule has 1 saturated heterocycles. The third-order valence-electron chi connectivity index (χ3n) is 5.00. The van der Waals surface area contributed by atoms with E-state index in [-0.39, 0.29) is 6.10 Å². The van der Waals surface area contributed by atoms with Crippen LogP contribution in [0.3, 0.4) is 0 Å². The predicted molar refractivity (Wildman–Crippen MR) is 98.0 cm³/mol. The van der Waals surface area contributed by atoms with Crippen molar-refractivity contribution in [1.29, 1.82) is 0 Å². The number of benzene rings is 1. The number of pyridine rings is 1. The van der Waals surface area contributed by atoms with Crippen molar-refractivity contribution >= 4 is 11.6 Å². The van der Waals surface area contributed by atoms with Gasteiger partial charge in [0.15, 0.2) is 0 Å². The normalized spacial score (nSPS) is 17.8. The highest BCUT2D eigenvalue weighted by molar-refractivity contribution is 6.31. The van der Waals surface area contributed by atoms with Crippen LogP contribution in [0.5, 0.6) is 0 Å². The minimum atomic E-state index is -0.197. The molecule has 1 aromatic carbocycles. The summed E-state index contributed by atoms with van der Waals surface area (Å²) in [5, 5.41) is 11.2. The van der Waals surface area contributed by atoms with Gasteiger partial charge < -0.3 is 5.11 Å². The van der Waals surface area contributed by atoms with Crippen molar-refractivity contribution in [2.75, 3.05) is 13.1 Å². The summed E-state index contributed by atoms with van der Waals surface area (Å²) >= 11 is 6.19. The number of aliphatic hydroxyl groups is 1. The van der Waals surface area contributed by atoms with E-state index in [1.165, 1.54) is 5.56 Å². The first-order chi connectivity index (χ1) is 11.7. The van der Waals surface area contributed by atoms with Crippen LogP contribution in [0.15, 0.2) is 48.8 Å². The van der Waals surface area contributed by atoms with E-state index in [0.717, 1.165) is 55.9 Å². The Morgan fingerprint density at radius 3 is 2.62 bits per heavy atom. The van der Waals surface area contributed by atoms with Crippen LogP contribution < -0.4 is 0 Å². The van der Waals surface area contributed by atoms with Gasteiger partial charge in [0.05, 0.1) is 11.1 Å². The zero-order chi connectivity index (χ0) is 16.8. The molecule has 0 amide bonds. The highest BCUT2D eigenvalue weighted by Crippen LogP contribution is 2.25. The minimum Gasteiger partial charge on any atom is -0.393 e. The highest BCUT2D eigenvalue weighted by atomic mass is 35.5. The van der Waals surface area contributed by atoms with Crippen LogP contribution in [0.1, 0.15) is 30.4 Å². The van der Waals surface area contributed by atoms with Crippen LogP contribution in [0.4, 0.5) is 0 Å². The van der Waals surface area contributed by atoms with E-state index >= 15 is 0 Å². The molecule has 1 atom stereocenters. The van der Waals surface area contributed by atoms with Crippen molar-refractivity contribution < 1.29 is 5.11 Å². The minimum absolute atomic E-state index is 0.197. The van der Waals surface area contributed by atoms with E-state index in [0.29, 0.717) is 5.92 Å². The van der Waals surface area contributed by atoms with Crippen molar-refractivity contribution in [3.63, 3.8) is 0 Å². The molecule has 0 spiro atoms. The number of hydrogen-bond donors (Lipinski definition) is 1. The molecule has 0 saturated carbocycles. The van der Waals surface area contributed by atoms with Gasteiger partial charge in [0.1, 0.15) is 0 Å². The quantitative estimate of drug-likeness (QED) is 0.862. The molecule has 0 aliphatic carbocycles. The molecule has 1 aromatic heterocycles. The Kier molecular flexibility index (Phi) is 6.24. The van der Waals surface area contributed by atoms with Gasteiger partial charge in [-0.25, -0.2) is 0 Å². The average Bonchev–Trinajstić information content (AvgIpc) is 2.63. The zero-order valence-electron chi connectivity index (χ0n) is 13.9. The van der Waals surface area contributed by atoms with Gasteiger partial charge in [-0.15, -0.1) is 0 Å². The molecule has 1 N–H and O–H groups in total. The standard InChI is InChI=1S/C20H25ClN2O/c21-19-14-22-11-8-18(19)15-23-12-9-17(10-13-23)20(24)7-6-16-4-2-1-3-5-16/h1-5,8,11,14,17,20,24H,6-7,9-10,12-13,15H2/t20-/m1/s1. The molecule has 2 aromatic rings. The fraction of sp³-hybridized carbons (Fsp3) is 0.450. The predicted octanol–water partition coefficient (Wildman–Crippen LogP) is 3.94. The summed E-state index contributed by atoms with van der Waals surface area (Å²) in [6.07, 6.45) is 7.21. The van der Waals surface area contributed by atoms with Gasteiger partial charge in [-0.05, 0) is 61.9 Å². The smallest absolute Gasteiger partial charge is 0.0634 e. The summed E-state index contributed by atoms with van der Waals surface area (Å²) in [7, 11) is 0. The van der Waals surface area contributed by atoms with Crippen LogP contribution in [0.25, 0.3) is 0 Å². The van der Waals surface area contributed by atoms with Gasteiger partial charge in [0.2, 0.25) is 0 Å². The number of aryl methyl sites for hydroxylation is 1. The number of piperidine rings is 1. The van der Waals surface area contributed by atoms with Gasteiger partial charge in [0, 0.05) is 18.9 Å². The molecule has 0 radical (unpaired) electrons. The van der Waals surface area contributed by atoms with E-state index in [1.807, 2.05) is 12.1 Å². The van der Waals surface area contributed by atoms with Gasteiger partial charge >= 0.3 is 0 Å². The van der Waals surface area contributed by atoms with Gasteiger partial charge in [-0.2, -0.15) is 0 Å². The van der Waals surface area contributed by atoms with Crippen molar-refractivity contribution in [3.05, 3.63) is 64.9 Å².